The molecule has 7 heteroatoms. The number of benzene rings is 1. The maximum Gasteiger partial charge on any atom is 0.417 e. The molecule has 2 N–H and O–H groups in total. The van der Waals surface area contributed by atoms with Gasteiger partial charge in [0, 0.05) is 28.2 Å². The summed E-state index contributed by atoms with van der Waals surface area (Å²) >= 11 is 0. The third-order valence-electron chi connectivity index (χ3n) is 4.73. The Morgan fingerprint density at radius 3 is 2.67 bits per heavy atom. The van der Waals surface area contributed by atoms with Crippen LogP contribution in [0.2, 0.25) is 0 Å². The van der Waals surface area contributed by atoms with Crippen molar-refractivity contribution in [3.8, 4) is 0 Å². The molecule has 1 aliphatic heterocycles. The monoisotopic (exact) mass is 340 g/mol. The molecule has 1 aromatic heterocycles. The molecule has 3 rings (SSSR count). The molecule has 1 aliphatic rings. The predicted octanol–water partition coefficient (Wildman–Crippen LogP) is 3.29. The molecule has 0 amide bonds. The highest BCUT2D eigenvalue weighted by Gasteiger charge is 2.39. The molecule has 0 saturated carbocycles. The molecule has 0 spiro atoms. The van der Waals surface area contributed by atoms with Crippen molar-refractivity contribution in [2.24, 2.45) is 0 Å². The first-order chi connectivity index (χ1) is 11.1. The molecule has 24 heavy (non-hydrogen) atoms. The first-order valence-corrected chi connectivity index (χ1v) is 7.78. The zero-order valence-corrected chi connectivity index (χ0v) is 13.4. The summed E-state index contributed by atoms with van der Waals surface area (Å²) in [7, 11) is 0. The Labute approximate surface area is 136 Å². The number of H-pyrrole nitrogens is 1. The fraction of sp³-hybridized carbons (Fsp3) is 0.471. The summed E-state index contributed by atoms with van der Waals surface area (Å²) in [5, 5.41) is 9.55. The molecule has 1 fully saturated rings. The van der Waals surface area contributed by atoms with E-state index in [1.54, 1.807) is 6.07 Å². The third-order valence-corrected chi connectivity index (χ3v) is 4.73. The highest BCUT2D eigenvalue weighted by atomic mass is 19.4. The van der Waals surface area contributed by atoms with Gasteiger partial charge in [0.1, 0.15) is 0 Å². The van der Waals surface area contributed by atoms with Crippen molar-refractivity contribution >= 4 is 16.6 Å². The average molecular weight is 340 g/mol. The molecular weight excluding hydrogens is 321 g/mol. The first-order valence-electron chi connectivity index (χ1n) is 7.78. The van der Waals surface area contributed by atoms with Gasteiger partial charge in [-0.25, -0.2) is 0 Å². The summed E-state index contributed by atoms with van der Waals surface area (Å²) in [5.74, 6) is 0. The van der Waals surface area contributed by atoms with E-state index in [-0.39, 0.29) is 29.1 Å². The van der Waals surface area contributed by atoms with E-state index in [1.165, 1.54) is 12.1 Å². The lowest BCUT2D eigenvalue weighted by Crippen LogP contribution is -2.44. The van der Waals surface area contributed by atoms with Crippen LogP contribution in [0, 0.1) is 0 Å². The fourth-order valence-electron chi connectivity index (χ4n) is 3.62. The maximum atomic E-state index is 13.3. The van der Waals surface area contributed by atoms with Gasteiger partial charge in [-0.15, -0.1) is 0 Å². The minimum atomic E-state index is -4.61. The number of aliphatic hydroxyl groups is 1. The smallest absolute Gasteiger partial charge is 0.394 e. The van der Waals surface area contributed by atoms with Crippen LogP contribution in [0.3, 0.4) is 0 Å². The van der Waals surface area contributed by atoms with Gasteiger partial charge in [-0.3, -0.25) is 4.79 Å². The summed E-state index contributed by atoms with van der Waals surface area (Å²) in [6, 6.07) is 5.09. The minimum absolute atomic E-state index is 0.0426. The topological polar surface area (TPSA) is 56.3 Å². The van der Waals surface area contributed by atoms with Crippen molar-refractivity contribution in [2.75, 3.05) is 11.5 Å². The van der Waals surface area contributed by atoms with Gasteiger partial charge in [0.05, 0.1) is 18.2 Å². The number of alkyl halides is 3. The van der Waals surface area contributed by atoms with Crippen LogP contribution >= 0.6 is 0 Å². The van der Waals surface area contributed by atoms with Crippen LogP contribution in [-0.4, -0.2) is 28.3 Å². The van der Waals surface area contributed by atoms with Gasteiger partial charge in [-0.05, 0) is 44.9 Å². The Hall–Kier alpha value is -2.02. The minimum Gasteiger partial charge on any atom is -0.394 e. The van der Waals surface area contributed by atoms with Crippen LogP contribution in [0.25, 0.3) is 10.9 Å². The number of hydrogen-bond acceptors (Lipinski definition) is 3. The van der Waals surface area contributed by atoms with Crippen molar-refractivity contribution in [3.05, 3.63) is 40.2 Å². The quantitative estimate of drug-likeness (QED) is 0.882. The molecule has 0 unspecified atom stereocenters. The fourth-order valence-corrected chi connectivity index (χ4v) is 3.62. The Kier molecular flexibility index (Phi) is 3.86. The molecule has 2 heterocycles. The second-order valence-electron chi connectivity index (χ2n) is 6.83. The number of fused-ring (bicyclic) bond motifs is 1. The van der Waals surface area contributed by atoms with Gasteiger partial charge >= 0.3 is 6.18 Å². The molecule has 1 atom stereocenters. The second kappa shape index (κ2) is 5.51. The summed E-state index contributed by atoms with van der Waals surface area (Å²) in [6.07, 6.45) is -2.99. The van der Waals surface area contributed by atoms with E-state index in [0.29, 0.717) is 11.8 Å². The number of aromatic amines is 1. The van der Waals surface area contributed by atoms with Crippen LogP contribution in [-0.2, 0) is 6.18 Å². The van der Waals surface area contributed by atoms with Gasteiger partial charge in [-0.1, -0.05) is 0 Å². The number of nitrogens with zero attached hydrogens (tertiary/aromatic N) is 1. The van der Waals surface area contributed by atoms with E-state index in [0.717, 1.165) is 12.8 Å². The molecule has 2 aromatic rings. The van der Waals surface area contributed by atoms with Crippen LogP contribution in [0.1, 0.15) is 32.3 Å². The van der Waals surface area contributed by atoms with Crippen molar-refractivity contribution in [1.29, 1.82) is 0 Å². The van der Waals surface area contributed by atoms with E-state index in [9.17, 15) is 23.1 Å². The number of aromatic nitrogens is 1. The zero-order valence-electron chi connectivity index (χ0n) is 13.4. The number of hydrogen-bond donors (Lipinski definition) is 2. The normalized spacial score (nSPS) is 20.8. The lowest BCUT2D eigenvalue weighted by molar-refractivity contribution is -0.136. The molecule has 0 bridgehead atoms. The largest absolute Gasteiger partial charge is 0.417 e. The molecule has 1 aromatic carbocycles. The average Bonchev–Trinajstić information content (AvgIpc) is 2.79. The Morgan fingerprint density at radius 1 is 1.33 bits per heavy atom. The van der Waals surface area contributed by atoms with Gasteiger partial charge in [0.25, 0.3) is 0 Å². The van der Waals surface area contributed by atoms with Gasteiger partial charge in [0.15, 0.2) is 0 Å². The maximum absolute atomic E-state index is 13.3. The number of rotatable bonds is 2. The number of aliphatic hydroxyl groups excluding tert-OH is 1. The molecule has 130 valence electrons. The van der Waals surface area contributed by atoms with Crippen LogP contribution < -0.4 is 10.5 Å². The van der Waals surface area contributed by atoms with E-state index in [1.807, 2.05) is 18.7 Å². The first kappa shape index (κ1) is 16.8. The number of nitrogens with one attached hydrogen (secondary N) is 1. The van der Waals surface area contributed by atoms with Crippen LogP contribution in [0.15, 0.2) is 29.1 Å². The summed E-state index contributed by atoms with van der Waals surface area (Å²) in [5.41, 5.74) is -1.22. The zero-order chi connectivity index (χ0) is 17.7. The summed E-state index contributed by atoms with van der Waals surface area (Å²) < 4.78 is 39.9. The third kappa shape index (κ3) is 2.77. The number of halogens is 3. The van der Waals surface area contributed by atoms with Crippen molar-refractivity contribution in [3.63, 3.8) is 0 Å². The van der Waals surface area contributed by atoms with Crippen molar-refractivity contribution < 1.29 is 18.3 Å². The Bertz CT molecular complexity index is 827. The van der Waals surface area contributed by atoms with E-state index in [4.69, 9.17) is 0 Å². The van der Waals surface area contributed by atoms with Crippen LogP contribution in [0.5, 0.6) is 0 Å². The molecule has 0 aliphatic carbocycles. The molecule has 0 radical (unpaired) electrons. The lowest BCUT2D eigenvalue weighted by atomic mass is 10.0. The van der Waals surface area contributed by atoms with Gasteiger partial charge in [0.2, 0.25) is 5.56 Å². The van der Waals surface area contributed by atoms with Crippen molar-refractivity contribution in [1.82, 2.24) is 4.98 Å². The standard InChI is InChI=1S/C17H19F3N2O2/c1-16(2)6-5-11(9-23)22(16)10-3-4-14-12(7-10)13(17(18,19)20)8-15(24)21-14/h3-4,7-8,11,23H,5-6,9H2,1-2H3,(H,21,24)/t11-/m1/s1. The SMILES string of the molecule is CC1(C)CC[C@H](CO)N1c1ccc2[nH]c(=O)cc(C(F)(F)F)c2c1. The lowest BCUT2D eigenvalue weighted by Gasteiger charge is -2.37. The van der Waals surface area contributed by atoms with Gasteiger partial charge < -0.3 is 15.0 Å². The highest BCUT2D eigenvalue weighted by molar-refractivity contribution is 5.86. The Balaban J connectivity index is 2.21. The van der Waals surface area contributed by atoms with Crippen LogP contribution in [0.4, 0.5) is 18.9 Å². The Morgan fingerprint density at radius 2 is 2.04 bits per heavy atom. The molecule has 4 nitrogen and oxygen atoms in total. The van der Waals surface area contributed by atoms with Crippen molar-refractivity contribution in [2.45, 2.75) is 44.4 Å². The van der Waals surface area contributed by atoms with E-state index in [2.05, 4.69) is 4.98 Å². The van der Waals surface area contributed by atoms with Gasteiger partial charge in [-0.2, -0.15) is 13.2 Å². The summed E-state index contributed by atoms with van der Waals surface area (Å²) in [4.78, 5) is 15.9. The predicted molar refractivity (Wildman–Crippen MR) is 86.2 cm³/mol. The molecule has 1 saturated heterocycles. The van der Waals surface area contributed by atoms with E-state index < -0.39 is 17.3 Å². The number of anilines is 1. The second-order valence-corrected chi connectivity index (χ2v) is 6.83. The van der Waals surface area contributed by atoms with E-state index >= 15 is 0 Å². The number of pyridine rings is 1. The molecular formula is C17H19F3N2O2. The highest BCUT2D eigenvalue weighted by Crippen LogP contribution is 2.40. The summed E-state index contributed by atoms with van der Waals surface area (Å²) in [6.45, 7) is 3.95.